The molecule has 6 nitrogen and oxygen atoms in total. The Bertz CT molecular complexity index is 813. The van der Waals surface area contributed by atoms with E-state index in [0.717, 1.165) is 16.3 Å². The Morgan fingerprint density at radius 2 is 1.92 bits per heavy atom. The Kier molecular flexibility index (Phi) is 6.46. The van der Waals surface area contributed by atoms with E-state index in [4.69, 9.17) is 0 Å². The Morgan fingerprint density at radius 3 is 2.56 bits per heavy atom. The number of nitrogens with one attached hydrogen (secondary N) is 1. The number of nitrogens with zero attached hydrogens (tertiary/aromatic N) is 2. The SMILES string of the molecule is CS(=O)(=O)N(CCCC(=O)NCc1ccccn1)c1ccccc1F. The van der Waals surface area contributed by atoms with Gasteiger partial charge in [0.25, 0.3) is 0 Å². The predicted molar refractivity (Wildman–Crippen MR) is 93.9 cm³/mol. The van der Waals surface area contributed by atoms with E-state index < -0.39 is 15.8 Å². The normalized spacial score (nSPS) is 11.1. The molecule has 1 aromatic heterocycles. The minimum absolute atomic E-state index is 0.0149. The number of anilines is 1. The number of para-hydroxylation sites is 1. The molecule has 0 unspecified atom stereocenters. The zero-order valence-electron chi connectivity index (χ0n) is 13.9. The first-order valence-electron chi connectivity index (χ1n) is 7.77. The predicted octanol–water partition coefficient (Wildman–Crippen LogP) is 2.08. The molecular weight excluding hydrogens is 345 g/mol. The van der Waals surface area contributed by atoms with Crippen molar-refractivity contribution in [2.75, 3.05) is 17.1 Å². The third kappa shape index (κ3) is 5.82. The summed E-state index contributed by atoms with van der Waals surface area (Å²) in [5.41, 5.74) is 0.721. The summed E-state index contributed by atoms with van der Waals surface area (Å²) in [7, 11) is -3.64. The summed E-state index contributed by atoms with van der Waals surface area (Å²) < 4.78 is 38.7. The van der Waals surface area contributed by atoms with E-state index in [1.54, 1.807) is 24.4 Å². The third-order valence-corrected chi connectivity index (χ3v) is 4.66. The number of benzene rings is 1. The quantitative estimate of drug-likeness (QED) is 0.777. The molecule has 2 rings (SSSR count). The molecule has 0 fully saturated rings. The van der Waals surface area contributed by atoms with Crippen molar-refractivity contribution in [3.05, 3.63) is 60.2 Å². The highest BCUT2D eigenvalue weighted by molar-refractivity contribution is 7.92. The topological polar surface area (TPSA) is 79.4 Å². The maximum atomic E-state index is 13.9. The van der Waals surface area contributed by atoms with Crippen molar-refractivity contribution < 1.29 is 17.6 Å². The Balaban J connectivity index is 1.89. The van der Waals surface area contributed by atoms with Gasteiger partial charge >= 0.3 is 0 Å². The highest BCUT2D eigenvalue weighted by Crippen LogP contribution is 2.21. The lowest BCUT2D eigenvalue weighted by Crippen LogP contribution is -2.32. The van der Waals surface area contributed by atoms with E-state index in [2.05, 4.69) is 10.3 Å². The van der Waals surface area contributed by atoms with Gasteiger partial charge in [-0.2, -0.15) is 0 Å². The summed E-state index contributed by atoms with van der Waals surface area (Å²) in [6.07, 6.45) is 3.06. The van der Waals surface area contributed by atoms with Crippen LogP contribution in [-0.4, -0.2) is 32.1 Å². The lowest BCUT2D eigenvalue weighted by Gasteiger charge is -2.22. The molecule has 2 aromatic rings. The van der Waals surface area contributed by atoms with E-state index in [9.17, 15) is 17.6 Å². The lowest BCUT2D eigenvalue weighted by molar-refractivity contribution is -0.121. The van der Waals surface area contributed by atoms with E-state index in [1.165, 1.54) is 18.2 Å². The molecular formula is C17H20FN3O3S. The largest absolute Gasteiger partial charge is 0.350 e. The maximum absolute atomic E-state index is 13.9. The molecule has 0 aliphatic rings. The smallest absolute Gasteiger partial charge is 0.232 e. The molecule has 134 valence electrons. The summed E-state index contributed by atoms with van der Waals surface area (Å²) in [4.78, 5) is 16.0. The van der Waals surface area contributed by atoms with Crippen LogP contribution in [-0.2, 0) is 21.4 Å². The molecule has 0 spiro atoms. The number of rotatable bonds is 8. The molecule has 0 aliphatic heterocycles. The van der Waals surface area contributed by atoms with Crippen LogP contribution in [0.3, 0.4) is 0 Å². The number of halogens is 1. The number of carbonyl (C=O) groups excluding carboxylic acids is 1. The fraction of sp³-hybridized carbons (Fsp3) is 0.294. The van der Waals surface area contributed by atoms with E-state index in [1.807, 2.05) is 6.07 Å². The summed E-state index contributed by atoms with van der Waals surface area (Å²) >= 11 is 0. The van der Waals surface area contributed by atoms with Gasteiger partial charge in [-0.3, -0.25) is 14.1 Å². The average Bonchev–Trinajstić information content (AvgIpc) is 2.58. The van der Waals surface area contributed by atoms with Crippen LogP contribution < -0.4 is 9.62 Å². The number of amides is 1. The van der Waals surface area contributed by atoms with E-state index >= 15 is 0 Å². The summed E-state index contributed by atoms with van der Waals surface area (Å²) in [5, 5.41) is 2.72. The lowest BCUT2D eigenvalue weighted by atomic mass is 10.2. The fourth-order valence-electron chi connectivity index (χ4n) is 2.28. The fourth-order valence-corrected chi connectivity index (χ4v) is 3.25. The average molecular weight is 365 g/mol. The molecule has 25 heavy (non-hydrogen) atoms. The highest BCUT2D eigenvalue weighted by atomic mass is 32.2. The first-order valence-corrected chi connectivity index (χ1v) is 9.61. The van der Waals surface area contributed by atoms with Gasteiger partial charge in [0.1, 0.15) is 5.82 Å². The van der Waals surface area contributed by atoms with Gasteiger partial charge in [0.15, 0.2) is 0 Å². The zero-order valence-corrected chi connectivity index (χ0v) is 14.7. The second-order valence-corrected chi connectivity index (χ2v) is 7.39. The van der Waals surface area contributed by atoms with Gasteiger partial charge in [-0.05, 0) is 30.7 Å². The number of hydrogen-bond donors (Lipinski definition) is 1. The Labute approximate surface area is 146 Å². The summed E-state index contributed by atoms with van der Waals surface area (Å²) in [6, 6.07) is 11.1. The van der Waals surface area contributed by atoms with Crippen molar-refractivity contribution in [2.24, 2.45) is 0 Å². The third-order valence-electron chi connectivity index (χ3n) is 3.48. The number of hydrogen-bond acceptors (Lipinski definition) is 4. The van der Waals surface area contributed by atoms with Crippen molar-refractivity contribution >= 4 is 21.6 Å². The molecule has 0 bridgehead atoms. The van der Waals surface area contributed by atoms with Crippen molar-refractivity contribution in [3.8, 4) is 0 Å². The maximum Gasteiger partial charge on any atom is 0.232 e. The monoisotopic (exact) mass is 365 g/mol. The van der Waals surface area contributed by atoms with Crippen LogP contribution in [0, 0.1) is 5.82 Å². The van der Waals surface area contributed by atoms with Gasteiger partial charge in [-0.25, -0.2) is 12.8 Å². The molecule has 1 aromatic carbocycles. The number of sulfonamides is 1. The summed E-state index contributed by atoms with van der Waals surface area (Å²) in [5.74, 6) is -0.833. The molecule has 0 radical (unpaired) electrons. The van der Waals surface area contributed by atoms with Gasteiger partial charge < -0.3 is 5.32 Å². The van der Waals surface area contributed by atoms with Crippen LogP contribution >= 0.6 is 0 Å². The van der Waals surface area contributed by atoms with Crippen LogP contribution in [0.4, 0.5) is 10.1 Å². The van der Waals surface area contributed by atoms with E-state index in [-0.39, 0.29) is 31.0 Å². The van der Waals surface area contributed by atoms with Crippen LogP contribution in [0.2, 0.25) is 0 Å². The highest BCUT2D eigenvalue weighted by Gasteiger charge is 2.20. The van der Waals surface area contributed by atoms with Crippen molar-refractivity contribution in [3.63, 3.8) is 0 Å². The molecule has 1 heterocycles. The molecule has 1 amide bonds. The molecule has 1 N–H and O–H groups in total. The molecule has 0 saturated carbocycles. The van der Waals surface area contributed by atoms with Crippen molar-refractivity contribution in [1.29, 1.82) is 0 Å². The Morgan fingerprint density at radius 1 is 1.20 bits per heavy atom. The van der Waals surface area contributed by atoms with Crippen LogP contribution in [0.25, 0.3) is 0 Å². The molecule has 8 heteroatoms. The minimum Gasteiger partial charge on any atom is -0.350 e. The zero-order chi connectivity index (χ0) is 18.3. The molecule has 0 aliphatic carbocycles. The first kappa shape index (κ1) is 18.9. The second kappa shape index (κ2) is 8.57. The van der Waals surface area contributed by atoms with Crippen molar-refractivity contribution in [2.45, 2.75) is 19.4 Å². The molecule has 0 atom stereocenters. The van der Waals surface area contributed by atoms with Crippen LogP contribution in [0.15, 0.2) is 48.7 Å². The van der Waals surface area contributed by atoms with Gasteiger partial charge in [0.2, 0.25) is 15.9 Å². The second-order valence-electron chi connectivity index (χ2n) is 5.49. The summed E-state index contributed by atoms with van der Waals surface area (Å²) in [6.45, 7) is 0.333. The van der Waals surface area contributed by atoms with Gasteiger partial charge in [-0.15, -0.1) is 0 Å². The van der Waals surface area contributed by atoms with E-state index in [0.29, 0.717) is 6.54 Å². The Hall–Kier alpha value is -2.48. The van der Waals surface area contributed by atoms with Gasteiger partial charge in [0, 0.05) is 19.2 Å². The standard InChI is InChI=1S/C17H20FN3O3S/c1-25(23,24)21(16-9-3-2-8-15(16)18)12-6-10-17(22)20-13-14-7-4-5-11-19-14/h2-5,7-9,11H,6,10,12-13H2,1H3,(H,20,22). The van der Waals surface area contributed by atoms with Gasteiger partial charge in [0.05, 0.1) is 24.2 Å². The first-order chi connectivity index (χ1) is 11.9. The van der Waals surface area contributed by atoms with Crippen LogP contribution in [0.5, 0.6) is 0 Å². The van der Waals surface area contributed by atoms with Crippen molar-refractivity contribution in [1.82, 2.24) is 10.3 Å². The number of aromatic nitrogens is 1. The number of pyridine rings is 1. The molecule has 0 saturated heterocycles. The number of carbonyl (C=O) groups is 1. The van der Waals surface area contributed by atoms with Crippen LogP contribution in [0.1, 0.15) is 18.5 Å². The minimum atomic E-state index is -3.64. The van der Waals surface area contributed by atoms with Gasteiger partial charge in [-0.1, -0.05) is 18.2 Å².